The third-order valence-corrected chi connectivity index (χ3v) is 3.06. The molecule has 0 unspecified atom stereocenters. The van der Waals surface area contributed by atoms with E-state index in [1.54, 1.807) is 6.07 Å². The molecule has 2 rings (SSSR count). The molecule has 0 aliphatic rings. The summed E-state index contributed by atoms with van der Waals surface area (Å²) in [4.78, 5) is 0. The second-order valence-electron chi connectivity index (χ2n) is 4.23. The van der Waals surface area contributed by atoms with Crippen LogP contribution in [0.2, 0.25) is 5.02 Å². The fraction of sp³-hybridized carbons (Fsp3) is 0.0714. The molecule has 2 aromatic carbocycles. The second-order valence-corrected chi connectivity index (χ2v) is 4.64. The van der Waals surface area contributed by atoms with Crippen LogP contribution in [0.4, 0.5) is 30.2 Å². The Morgan fingerprint density at radius 1 is 1.14 bits per heavy atom. The molecule has 0 spiro atoms. The number of halogens is 4. The monoisotopic (exact) mass is 311 g/mol. The second kappa shape index (κ2) is 5.54. The Kier molecular flexibility index (Phi) is 3.96. The molecule has 0 radical (unpaired) electrons. The molecule has 0 aliphatic heterocycles. The van der Waals surface area contributed by atoms with Gasteiger partial charge >= 0.3 is 6.18 Å². The Labute approximate surface area is 123 Å². The Bertz CT molecular complexity index is 720. The third kappa shape index (κ3) is 3.38. The standard InChI is InChI=1S/C14H9ClF3N3/c15-11-5-9(14(16,17)18)2-4-13(11)21-10-3-1-8(7-19)12(20)6-10/h1-6,21H,20H2. The number of nitrogens with one attached hydrogen (secondary N) is 1. The zero-order chi connectivity index (χ0) is 15.6. The van der Waals surface area contributed by atoms with Crippen LogP contribution in [0.25, 0.3) is 0 Å². The van der Waals surface area contributed by atoms with Gasteiger partial charge < -0.3 is 11.1 Å². The number of alkyl halides is 3. The first-order chi connectivity index (χ1) is 9.81. The average molecular weight is 312 g/mol. The van der Waals surface area contributed by atoms with Gasteiger partial charge in [0.05, 0.1) is 27.5 Å². The minimum Gasteiger partial charge on any atom is -0.398 e. The fourth-order valence-corrected chi connectivity index (χ4v) is 1.92. The van der Waals surface area contributed by atoms with Crippen molar-refractivity contribution in [3.8, 4) is 6.07 Å². The summed E-state index contributed by atoms with van der Waals surface area (Å²) in [7, 11) is 0. The van der Waals surface area contributed by atoms with Gasteiger partial charge in [-0.25, -0.2) is 0 Å². The van der Waals surface area contributed by atoms with Gasteiger partial charge in [-0.2, -0.15) is 18.4 Å². The zero-order valence-corrected chi connectivity index (χ0v) is 11.3. The summed E-state index contributed by atoms with van der Waals surface area (Å²) in [6, 6.07) is 9.53. The van der Waals surface area contributed by atoms with E-state index in [0.29, 0.717) is 16.9 Å². The van der Waals surface area contributed by atoms with E-state index < -0.39 is 11.7 Å². The van der Waals surface area contributed by atoms with E-state index >= 15 is 0 Å². The number of rotatable bonds is 2. The van der Waals surface area contributed by atoms with Gasteiger partial charge in [-0.05, 0) is 36.4 Å². The Hall–Kier alpha value is -2.39. The van der Waals surface area contributed by atoms with Crippen LogP contribution in [0.5, 0.6) is 0 Å². The smallest absolute Gasteiger partial charge is 0.398 e. The van der Waals surface area contributed by atoms with Crippen LogP contribution in [0, 0.1) is 11.3 Å². The summed E-state index contributed by atoms with van der Waals surface area (Å²) in [6.45, 7) is 0. The first-order valence-electron chi connectivity index (χ1n) is 5.74. The number of nitrogens with two attached hydrogens (primary N) is 1. The number of hydrogen-bond acceptors (Lipinski definition) is 3. The zero-order valence-electron chi connectivity index (χ0n) is 10.5. The van der Waals surface area contributed by atoms with Crippen LogP contribution in [-0.4, -0.2) is 0 Å². The van der Waals surface area contributed by atoms with Gasteiger partial charge in [0.15, 0.2) is 0 Å². The van der Waals surface area contributed by atoms with Gasteiger partial charge in [0.2, 0.25) is 0 Å². The van der Waals surface area contributed by atoms with Crippen LogP contribution >= 0.6 is 11.6 Å². The molecule has 3 nitrogen and oxygen atoms in total. The number of nitrogen functional groups attached to an aromatic ring is 1. The van der Waals surface area contributed by atoms with Gasteiger partial charge in [-0.3, -0.25) is 0 Å². The lowest BCUT2D eigenvalue weighted by molar-refractivity contribution is -0.137. The van der Waals surface area contributed by atoms with E-state index in [2.05, 4.69) is 5.32 Å². The highest BCUT2D eigenvalue weighted by molar-refractivity contribution is 6.33. The lowest BCUT2D eigenvalue weighted by Crippen LogP contribution is -2.05. The number of hydrogen-bond donors (Lipinski definition) is 2. The van der Waals surface area contributed by atoms with Gasteiger partial charge in [0, 0.05) is 5.69 Å². The summed E-state index contributed by atoms with van der Waals surface area (Å²) in [5, 5.41) is 11.6. The number of nitriles is 1. The van der Waals surface area contributed by atoms with E-state index in [9.17, 15) is 13.2 Å². The number of nitrogens with zero attached hydrogens (tertiary/aromatic N) is 1. The van der Waals surface area contributed by atoms with Crippen LogP contribution in [-0.2, 0) is 6.18 Å². The molecule has 0 fully saturated rings. The predicted octanol–water partition coefficient (Wildman–Crippen LogP) is 4.56. The van der Waals surface area contributed by atoms with E-state index in [0.717, 1.165) is 12.1 Å². The minimum absolute atomic E-state index is 0.0623. The number of benzene rings is 2. The highest BCUT2D eigenvalue weighted by Gasteiger charge is 2.30. The van der Waals surface area contributed by atoms with Gasteiger partial charge in [0.25, 0.3) is 0 Å². The van der Waals surface area contributed by atoms with Gasteiger partial charge in [-0.15, -0.1) is 0 Å². The lowest BCUT2D eigenvalue weighted by Gasteiger charge is -2.12. The maximum absolute atomic E-state index is 12.5. The van der Waals surface area contributed by atoms with Crippen molar-refractivity contribution in [3.05, 3.63) is 52.5 Å². The van der Waals surface area contributed by atoms with E-state index in [1.165, 1.54) is 18.2 Å². The minimum atomic E-state index is -4.44. The first kappa shape index (κ1) is 15.0. The fourth-order valence-electron chi connectivity index (χ4n) is 1.69. The van der Waals surface area contributed by atoms with Gasteiger partial charge in [0.1, 0.15) is 6.07 Å². The summed E-state index contributed by atoms with van der Waals surface area (Å²) < 4.78 is 37.6. The molecule has 0 saturated carbocycles. The van der Waals surface area contributed by atoms with Crippen molar-refractivity contribution in [3.63, 3.8) is 0 Å². The molecule has 108 valence electrons. The summed E-state index contributed by atoms with van der Waals surface area (Å²) >= 11 is 5.84. The predicted molar refractivity (Wildman–Crippen MR) is 75.3 cm³/mol. The van der Waals surface area contributed by atoms with Crippen LogP contribution < -0.4 is 11.1 Å². The SMILES string of the molecule is N#Cc1ccc(Nc2ccc(C(F)(F)F)cc2Cl)cc1N. The molecule has 0 saturated heterocycles. The average Bonchev–Trinajstić information content (AvgIpc) is 2.40. The molecule has 7 heteroatoms. The number of anilines is 3. The Morgan fingerprint density at radius 3 is 2.38 bits per heavy atom. The maximum atomic E-state index is 12.5. The molecule has 21 heavy (non-hydrogen) atoms. The molecule has 0 atom stereocenters. The van der Waals surface area contributed by atoms with Crippen LogP contribution in [0.3, 0.4) is 0 Å². The van der Waals surface area contributed by atoms with Crippen molar-refractivity contribution < 1.29 is 13.2 Å². The first-order valence-corrected chi connectivity index (χ1v) is 6.12. The molecule has 2 aromatic rings. The molecule has 3 N–H and O–H groups in total. The van der Waals surface area contributed by atoms with Crippen molar-refractivity contribution in [2.45, 2.75) is 6.18 Å². The van der Waals surface area contributed by atoms with Crippen molar-refractivity contribution >= 4 is 28.7 Å². The maximum Gasteiger partial charge on any atom is 0.416 e. The Morgan fingerprint density at radius 2 is 1.86 bits per heavy atom. The molecular formula is C14H9ClF3N3. The van der Waals surface area contributed by atoms with Crippen LogP contribution in [0.1, 0.15) is 11.1 Å². The normalized spacial score (nSPS) is 11.0. The molecule has 0 amide bonds. The molecule has 0 heterocycles. The van der Waals surface area contributed by atoms with Crippen molar-refractivity contribution in [2.75, 3.05) is 11.1 Å². The van der Waals surface area contributed by atoms with Gasteiger partial charge in [-0.1, -0.05) is 11.6 Å². The van der Waals surface area contributed by atoms with E-state index in [-0.39, 0.29) is 10.7 Å². The summed E-state index contributed by atoms with van der Waals surface area (Å²) in [5.74, 6) is 0. The largest absolute Gasteiger partial charge is 0.416 e. The van der Waals surface area contributed by atoms with Crippen molar-refractivity contribution in [1.82, 2.24) is 0 Å². The van der Waals surface area contributed by atoms with Crippen LogP contribution in [0.15, 0.2) is 36.4 Å². The van der Waals surface area contributed by atoms with Crippen molar-refractivity contribution in [1.29, 1.82) is 5.26 Å². The van der Waals surface area contributed by atoms with Crippen molar-refractivity contribution in [2.24, 2.45) is 0 Å². The quantitative estimate of drug-likeness (QED) is 0.799. The van der Waals surface area contributed by atoms with E-state index in [1.807, 2.05) is 6.07 Å². The Balaban J connectivity index is 2.28. The molecule has 0 aromatic heterocycles. The topological polar surface area (TPSA) is 61.8 Å². The molecular weight excluding hydrogens is 303 g/mol. The molecule has 0 aliphatic carbocycles. The highest BCUT2D eigenvalue weighted by Crippen LogP contribution is 2.35. The third-order valence-electron chi connectivity index (χ3n) is 2.75. The summed E-state index contributed by atoms with van der Waals surface area (Å²) in [5.41, 5.74) is 6.26. The lowest BCUT2D eigenvalue weighted by atomic mass is 10.1. The summed E-state index contributed by atoms with van der Waals surface area (Å²) in [6.07, 6.45) is -4.44. The highest BCUT2D eigenvalue weighted by atomic mass is 35.5. The van der Waals surface area contributed by atoms with E-state index in [4.69, 9.17) is 22.6 Å². The molecule has 0 bridgehead atoms.